The number of ether oxygens (including phenoxy) is 1. The van der Waals surface area contributed by atoms with E-state index in [0.29, 0.717) is 6.61 Å². The fraction of sp³-hybridized carbons (Fsp3) is 0.440. The quantitative estimate of drug-likeness (QED) is 0.385. The lowest BCUT2D eigenvalue weighted by atomic mass is 9.86. The molecule has 34 heavy (non-hydrogen) atoms. The van der Waals surface area contributed by atoms with E-state index in [4.69, 9.17) is 4.74 Å². The molecule has 1 aliphatic carbocycles. The highest BCUT2D eigenvalue weighted by atomic mass is 32.1. The molecule has 0 radical (unpaired) electrons. The summed E-state index contributed by atoms with van der Waals surface area (Å²) in [6.07, 6.45) is 5.86. The van der Waals surface area contributed by atoms with Crippen LogP contribution < -0.4 is 10.1 Å². The van der Waals surface area contributed by atoms with Gasteiger partial charge in [0.15, 0.2) is 0 Å². The maximum absolute atomic E-state index is 13.2. The molecule has 178 valence electrons. The molecule has 9 heteroatoms. The Hall–Kier alpha value is -3.20. The summed E-state index contributed by atoms with van der Waals surface area (Å²) in [5.41, 5.74) is 3.03. The number of thiophene rings is 1. The number of amides is 1. The Balaban J connectivity index is 1.49. The van der Waals surface area contributed by atoms with Crippen molar-refractivity contribution in [2.75, 3.05) is 18.5 Å². The smallest absolute Gasteiger partial charge is 0.226 e. The van der Waals surface area contributed by atoms with E-state index >= 15 is 0 Å². The van der Waals surface area contributed by atoms with Crippen molar-refractivity contribution in [3.8, 4) is 5.75 Å². The van der Waals surface area contributed by atoms with Crippen LogP contribution in [0.4, 0.5) is 11.5 Å². The SMILES string of the molecule is CCOc1cc2[nH]ncc2cc1Nc1ncnc2sc3c(c12)CCC(C(=O)N(CC)C(C)C)C3. The van der Waals surface area contributed by atoms with Crippen molar-refractivity contribution < 1.29 is 9.53 Å². The van der Waals surface area contributed by atoms with Crippen LogP contribution in [0, 0.1) is 5.92 Å². The molecule has 8 nitrogen and oxygen atoms in total. The molecule has 5 rings (SSSR count). The zero-order valence-corrected chi connectivity index (χ0v) is 20.8. The van der Waals surface area contributed by atoms with Crippen molar-refractivity contribution in [1.29, 1.82) is 0 Å². The number of carbonyl (C=O) groups is 1. The van der Waals surface area contributed by atoms with Gasteiger partial charge in [-0.25, -0.2) is 9.97 Å². The fourth-order valence-electron chi connectivity index (χ4n) is 4.90. The molecule has 0 fully saturated rings. The van der Waals surface area contributed by atoms with Gasteiger partial charge in [0.1, 0.15) is 22.7 Å². The molecule has 0 saturated carbocycles. The summed E-state index contributed by atoms with van der Waals surface area (Å²) >= 11 is 1.68. The van der Waals surface area contributed by atoms with Gasteiger partial charge in [-0.1, -0.05) is 0 Å². The largest absolute Gasteiger partial charge is 0.492 e. The van der Waals surface area contributed by atoms with Crippen LogP contribution in [0.25, 0.3) is 21.1 Å². The van der Waals surface area contributed by atoms with Crippen molar-refractivity contribution in [3.63, 3.8) is 0 Å². The number of carbonyl (C=O) groups excluding carboxylic acids is 1. The third-order valence-electron chi connectivity index (χ3n) is 6.53. The predicted octanol–water partition coefficient (Wildman–Crippen LogP) is 5.07. The van der Waals surface area contributed by atoms with Gasteiger partial charge in [-0.2, -0.15) is 5.10 Å². The minimum absolute atomic E-state index is 0.0281. The average molecular weight is 479 g/mol. The Morgan fingerprint density at radius 2 is 2.18 bits per heavy atom. The van der Waals surface area contributed by atoms with E-state index in [0.717, 1.165) is 64.2 Å². The second-order valence-corrected chi connectivity index (χ2v) is 10.0. The molecular formula is C25H30N6O2S. The Labute approximate surface area is 202 Å². The van der Waals surface area contributed by atoms with Crippen molar-refractivity contribution in [2.24, 2.45) is 5.92 Å². The van der Waals surface area contributed by atoms with E-state index in [1.165, 1.54) is 10.4 Å². The zero-order chi connectivity index (χ0) is 23.8. The molecule has 0 aliphatic heterocycles. The standard InChI is InChI=1S/C25H30N6O2S/c1-5-31(14(3)4)25(32)15-7-8-17-21(10-15)34-24-22(17)23(26-13-27-24)29-19-9-16-12-28-30-18(16)11-20(19)33-6-2/h9,11-15H,5-8,10H2,1-4H3,(H,28,30)(H,26,27,29). The number of rotatable bonds is 7. The molecule has 0 spiro atoms. The number of hydrogen-bond donors (Lipinski definition) is 2. The van der Waals surface area contributed by atoms with Gasteiger partial charge in [0.2, 0.25) is 5.91 Å². The Morgan fingerprint density at radius 1 is 1.32 bits per heavy atom. The first-order valence-electron chi connectivity index (χ1n) is 11.9. The molecule has 0 saturated heterocycles. The van der Waals surface area contributed by atoms with Gasteiger partial charge >= 0.3 is 0 Å². The van der Waals surface area contributed by atoms with E-state index in [1.54, 1.807) is 23.9 Å². The van der Waals surface area contributed by atoms with Crippen LogP contribution in [-0.2, 0) is 17.6 Å². The van der Waals surface area contributed by atoms with E-state index in [9.17, 15) is 4.79 Å². The molecule has 2 N–H and O–H groups in total. The molecule has 1 aromatic carbocycles. The summed E-state index contributed by atoms with van der Waals surface area (Å²) in [6, 6.07) is 4.20. The lowest BCUT2D eigenvalue weighted by molar-refractivity contribution is -0.137. The monoisotopic (exact) mass is 478 g/mol. The molecule has 3 aromatic heterocycles. The van der Waals surface area contributed by atoms with Gasteiger partial charge in [0.05, 0.1) is 29.4 Å². The van der Waals surface area contributed by atoms with E-state index < -0.39 is 0 Å². The van der Waals surface area contributed by atoms with Gasteiger partial charge in [-0.15, -0.1) is 11.3 Å². The topological polar surface area (TPSA) is 96.0 Å². The fourth-order valence-corrected chi connectivity index (χ4v) is 6.16. The highest BCUT2D eigenvalue weighted by molar-refractivity contribution is 7.19. The second-order valence-electron chi connectivity index (χ2n) is 8.93. The van der Waals surface area contributed by atoms with Crippen molar-refractivity contribution >= 4 is 49.9 Å². The van der Waals surface area contributed by atoms with Crippen LogP contribution in [0.5, 0.6) is 5.75 Å². The number of aromatic nitrogens is 4. The summed E-state index contributed by atoms with van der Waals surface area (Å²) in [5.74, 6) is 1.81. The summed E-state index contributed by atoms with van der Waals surface area (Å²) in [5, 5.41) is 12.7. The molecule has 1 atom stereocenters. The van der Waals surface area contributed by atoms with Gasteiger partial charge in [0.25, 0.3) is 0 Å². The lowest BCUT2D eigenvalue weighted by Crippen LogP contribution is -2.42. The van der Waals surface area contributed by atoms with Crippen LogP contribution in [0.3, 0.4) is 0 Å². The highest BCUT2D eigenvalue weighted by Crippen LogP contribution is 2.42. The second kappa shape index (κ2) is 9.21. The Bertz CT molecular complexity index is 1340. The number of hydrogen-bond acceptors (Lipinski definition) is 7. The lowest BCUT2D eigenvalue weighted by Gasteiger charge is -2.31. The number of aromatic amines is 1. The highest BCUT2D eigenvalue weighted by Gasteiger charge is 2.32. The number of nitrogens with zero attached hydrogens (tertiary/aromatic N) is 4. The van der Waals surface area contributed by atoms with Gasteiger partial charge in [0, 0.05) is 34.8 Å². The minimum atomic E-state index is 0.0281. The molecule has 0 bridgehead atoms. The van der Waals surface area contributed by atoms with Crippen molar-refractivity contribution in [2.45, 2.75) is 53.0 Å². The van der Waals surface area contributed by atoms with Crippen molar-refractivity contribution in [3.05, 3.63) is 35.1 Å². The van der Waals surface area contributed by atoms with E-state index in [1.807, 2.05) is 24.0 Å². The summed E-state index contributed by atoms with van der Waals surface area (Å²) in [7, 11) is 0. The van der Waals surface area contributed by atoms with Crippen LogP contribution in [0.2, 0.25) is 0 Å². The third-order valence-corrected chi connectivity index (χ3v) is 7.70. The van der Waals surface area contributed by atoms with Gasteiger partial charge in [-0.05, 0) is 58.6 Å². The first kappa shape index (κ1) is 22.6. The van der Waals surface area contributed by atoms with Crippen LogP contribution in [-0.4, -0.2) is 50.2 Å². The van der Waals surface area contributed by atoms with Gasteiger partial charge < -0.3 is 15.0 Å². The molecule has 4 aromatic rings. The molecule has 1 amide bonds. The number of aryl methyl sites for hydroxylation is 1. The minimum Gasteiger partial charge on any atom is -0.492 e. The summed E-state index contributed by atoms with van der Waals surface area (Å²) in [6.45, 7) is 9.49. The first-order valence-corrected chi connectivity index (χ1v) is 12.7. The molecule has 3 heterocycles. The zero-order valence-electron chi connectivity index (χ0n) is 20.0. The van der Waals surface area contributed by atoms with Crippen LogP contribution in [0.1, 0.15) is 44.6 Å². The Kier molecular flexibility index (Phi) is 6.12. The number of H-pyrrole nitrogens is 1. The number of benzene rings is 1. The van der Waals surface area contributed by atoms with Gasteiger partial charge in [-0.3, -0.25) is 9.89 Å². The van der Waals surface area contributed by atoms with E-state index in [-0.39, 0.29) is 17.9 Å². The average Bonchev–Trinajstić information content (AvgIpc) is 3.43. The number of fused-ring (bicyclic) bond motifs is 4. The molecule has 1 unspecified atom stereocenters. The predicted molar refractivity (Wildman–Crippen MR) is 136 cm³/mol. The van der Waals surface area contributed by atoms with E-state index in [2.05, 4.69) is 46.3 Å². The normalized spacial score (nSPS) is 15.6. The van der Waals surface area contributed by atoms with Crippen LogP contribution >= 0.6 is 11.3 Å². The van der Waals surface area contributed by atoms with Crippen molar-refractivity contribution in [1.82, 2.24) is 25.1 Å². The molecular weight excluding hydrogens is 448 g/mol. The first-order chi connectivity index (χ1) is 16.5. The summed E-state index contributed by atoms with van der Waals surface area (Å²) < 4.78 is 5.89. The third kappa shape index (κ3) is 3.98. The summed E-state index contributed by atoms with van der Waals surface area (Å²) in [4.78, 5) is 26.5. The maximum Gasteiger partial charge on any atom is 0.226 e. The number of nitrogens with one attached hydrogen (secondary N) is 2. The maximum atomic E-state index is 13.2. The molecule has 1 aliphatic rings. The van der Waals surface area contributed by atoms with Crippen LogP contribution in [0.15, 0.2) is 24.7 Å². The number of anilines is 2. The Morgan fingerprint density at radius 3 is 2.94 bits per heavy atom.